The van der Waals surface area contributed by atoms with E-state index in [1.54, 1.807) is 31.2 Å². The number of fused-ring (bicyclic) bond motifs is 1. The van der Waals surface area contributed by atoms with Gasteiger partial charge in [0.1, 0.15) is 0 Å². The molecule has 1 heterocycles. The van der Waals surface area contributed by atoms with Gasteiger partial charge < -0.3 is 10.1 Å². The molecular weight excluding hydrogens is 462 g/mol. The van der Waals surface area contributed by atoms with Gasteiger partial charge in [-0.3, -0.25) is 4.79 Å². The molecule has 1 atom stereocenters. The lowest BCUT2D eigenvalue weighted by atomic mass is 10.0. The van der Waals surface area contributed by atoms with Crippen molar-refractivity contribution in [2.24, 2.45) is 0 Å². The number of hydrogen-bond acceptors (Lipinski definition) is 5. The second-order valence-corrected chi connectivity index (χ2v) is 8.71. The maximum Gasteiger partial charge on any atom is 0.338 e. The Kier molecular flexibility index (Phi) is 6.72. The highest BCUT2D eigenvalue weighted by Gasteiger charge is 2.21. The number of esters is 1. The van der Waals surface area contributed by atoms with E-state index in [2.05, 4.69) is 5.32 Å². The zero-order chi connectivity index (χ0) is 25.8. The molecule has 0 saturated heterocycles. The number of hydrogen-bond donors (Lipinski definition) is 1. The number of carbonyl (C=O) groups is 2. The van der Waals surface area contributed by atoms with Crippen LogP contribution >= 0.6 is 0 Å². The number of aromatic nitrogens is 2. The summed E-state index contributed by atoms with van der Waals surface area (Å²) in [4.78, 5) is 35.3. The Balaban J connectivity index is 1.43. The first-order chi connectivity index (χ1) is 18.0. The third kappa shape index (κ3) is 5.23. The van der Waals surface area contributed by atoms with Crippen molar-refractivity contribution in [2.75, 3.05) is 5.32 Å². The Morgan fingerprint density at radius 3 is 1.92 bits per heavy atom. The van der Waals surface area contributed by atoms with Crippen LogP contribution in [0.5, 0.6) is 0 Å². The molecule has 182 valence electrons. The van der Waals surface area contributed by atoms with Gasteiger partial charge in [-0.15, -0.1) is 0 Å². The number of amides is 1. The molecule has 0 spiro atoms. The predicted octanol–water partition coefficient (Wildman–Crippen LogP) is 6.46. The quantitative estimate of drug-likeness (QED) is 0.278. The van der Waals surface area contributed by atoms with Gasteiger partial charge in [-0.2, -0.15) is 0 Å². The lowest BCUT2D eigenvalue weighted by Gasteiger charge is -2.15. The fourth-order valence-corrected chi connectivity index (χ4v) is 4.01. The van der Waals surface area contributed by atoms with E-state index in [9.17, 15) is 9.59 Å². The fraction of sp³-hybridized carbons (Fsp3) is 0.0968. The summed E-state index contributed by atoms with van der Waals surface area (Å²) in [5, 5.41) is 2.81. The molecule has 1 N–H and O–H groups in total. The Morgan fingerprint density at radius 2 is 1.30 bits per heavy atom. The van der Waals surface area contributed by atoms with Crippen molar-refractivity contribution in [1.82, 2.24) is 9.97 Å². The number of rotatable bonds is 6. The van der Waals surface area contributed by atoms with Crippen LogP contribution in [0.3, 0.4) is 0 Å². The van der Waals surface area contributed by atoms with E-state index in [0.29, 0.717) is 22.3 Å². The second-order valence-electron chi connectivity index (χ2n) is 8.71. The molecule has 4 aromatic carbocycles. The van der Waals surface area contributed by atoms with Gasteiger partial charge in [0.2, 0.25) is 0 Å². The lowest BCUT2D eigenvalue weighted by molar-refractivity contribution is -0.123. The third-order valence-electron chi connectivity index (χ3n) is 6.05. The summed E-state index contributed by atoms with van der Waals surface area (Å²) in [5.74, 6) is -1.01. The molecule has 0 bridgehead atoms. The number of carbonyl (C=O) groups excluding carboxylic acids is 2. The molecule has 6 nitrogen and oxygen atoms in total. The molecule has 37 heavy (non-hydrogen) atoms. The first-order valence-electron chi connectivity index (χ1n) is 12.0. The molecule has 6 heteroatoms. The van der Waals surface area contributed by atoms with Crippen LogP contribution in [0.4, 0.5) is 5.69 Å². The van der Waals surface area contributed by atoms with Crippen molar-refractivity contribution in [3.8, 4) is 22.5 Å². The number of nitrogens with one attached hydrogen (secondary N) is 1. The number of anilines is 1. The normalized spacial score (nSPS) is 11.6. The minimum absolute atomic E-state index is 0.295. The van der Waals surface area contributed by atoms with Crippen LogP contribution in [0.2, 0.25) is 0 Å². The number of ether oxygens (including phenoxy) is 1. The average molecular weight is 488 g/mol. The maximum absolute atomic E-state index is 12.9. The van der Waals surface area contributed by atoms with Crippen LogP contribution in [0.25, 0.3) is 33.5 Å². The predicted molar refractivity (Wildman–Crippen MR) is 145 cm³/mol. The van der Waals surface area contributed by atoms with E-state index in [4.69, 9.17) is 14.7 Å². The van der Waals surface area contributed by atoms with Gasteiger partial charge >= 0.3 is 5.97 Å². The minimum Gasteiger partial charge on any atom is -0.449 e. The number of nitrogens with zero attached hydrogens (tertiary/aromatic N) is 2. The SMILES string of the molecule is Cc1ccccc1NC(=O)C(C)OC(=O)c1ccc2nc(-c3ccccc3)c(-c3ccccc3)nc2c1. The molecule has 0 aliphatic rings. The Bertz CT molecular complexity index is 1580. The highest BCUT2D eigenvalue weighted by molar-refractivity contribution is 5.99. The van der Waals surface area contributed by atoms with Crippen LogP contribution in [0.1, 0.15) is 22.8 Å². The van der Waals surface area contributed by atoms with Crippen LogP contribution in [-0.4, -0.2) is 27.9 Å². The Labute approximate surface area is 215 Å². The first kappa shape index (κ1) is 23.9. The summed E-state index contributed by atoms with van der Waals surface area (Å²) in [6.07, 6.45) is -0.978. The zero-order valence-electron chi connectivity index (χ0n) is 20.5. The molecule has 1 aromatic heterocycles. The van der Waals surface area contributed by atoms with E-state index in [0.717, 1.165) is 28.1 Å². The lowest BCUT2D eigenvalue weighted by Crippen LogP contribution is -2.30. The molecule has 0 aliphatic carbocycles. The zero-order valence-corrected chi connectivity index (χ0v) is 20.5. The van der Waals surface area contributed by atoms with Crippen molar-refractivity contribution >= 4 is 28.6 Å². The molecule has 0 aliphatic heterocycles. The molecule has 0 fully saturated rings. The summed E-state index contributed by atoms with van der Waals surface area (Å²) in [6, 6.07) is 32.2. The monoisotopic (exact) mass is 487 g/mol. The molecule has 0 saturated carbocycles. The second kappa shape index (κ2) is 10.4. The van der Waals surface area contributed by atoms with Gasteiger partial charge in [0.15, 0.2) is 6.10 Å². The highest BCUT2D eigenvalue weighted by atomic mass is 16.5. The van der Waals surface area contributed by atoms with Crippen LogP contribution in [-0.2, 0) is 9.53 Å². The van der Waals surface area contributed by atoms with E-state index in [1.165, 1.54) is 0 Å². The standard InChI is InChI=1S/C31H25N3O3/c1-20-11-9-10-16-25(20)34-30(35)21(2)37-31(36)24-17-18-26-27(19-24)33-29(23-14-7-4-8-15-23)28(32-26)22-12-5-3-6-13-22/h3-19,21H,1-2H3,(H,34,35). The fourth-order valence-electron chi connectivity index (χ4n) is 4.01. The van der Waals surface area contributed by atoms with Gasteiger partial charge in [0.05, 0.1) is 28.0 Å². The highest BCUT2D eigenvalue weighted by Crippen LogP contribution is 2.31. The number of benzene rings is 4. The van der Waals surface area contributed by atoms with Crippen LogP contribution in [0, 0.1) is 6.92 Å². The molecule has 1 unspecified atom stereocenters. The van der Waals surface area contributed by atoms with Gasteiger partial charge in [-0.1, -0.05) is 78.9 Å². The number of aryl methyl sites for hydroxylation is 1. The molecule has 5 aromatic rings. The molecule has 1 amide bonds. The van der Waals surface area contributed by atoms with E-state index in [-0.39, 0.29) is 0 Å². The van der Waals surface area contributed by atoms with Crippen LogP contribution in [0.15, 0.2) is 103 Å². The van der Waals surface area contributed by atoms with Gasteiger partial charge in [-0.05, 0) is 43.7 Å². The van der Waals surface area contributed by atoms with E-state index >= 15 is 0 Å². The summed E-state index contributed by atoms with van der Waals surface area (Å²) in [6.45, 7) is 3.45. The molecular formula is C31H25N3O3. The van der Waals surface area contributed by atoms with Crippen molar-refractivity contribution in [3.05, 3.63) is 114 Å². The average Bonchev–Trinajstić information content (AvgIpc) is 2.94. The summed E-state index contributed by atoms with van der Waals surface area (Å²) in [5.41, 5.74) is 6.46. The Morgan fingerprint density at radius 1 is 0.730 bits per heavy atom. The van der Waals surface area contributed by atoms with Gasteiger partial charge in [-0.25, -0.2) is 14.8 Å². The van der Waals surface area contributed by atoms with Crippen molar-refractivity contribution < 1.29 is 14.3 Å². The minimum atomic E-state index is -0.978. The largest absolute Gasteiger partial charge is 0.449 e. The van der Waals surface area contributed by atoms with Crippen molar-refractivity contribution in [3.63, 3.8) is 0 Å². The number of para-hydroxylation sites is 1. The van der Waals surface area contributed by atoms with Gasteiger partial charge in [0.25, 0.3) is 5.91 Å². The van der Waals surface area contributed by atoms with Gasteiger partial charge in [0, 0.05) is 16.8 Å². The first-order valence-corrected chi connectivity index (χ1v) is 12.0. The topological polar surface area (TPSA) is 81.2 Å². The van der Waals surface area contributed by atoms with E-state index in [1.807, 2.05) is 85.8 Å². The van der Waals surface area contributed by atoms with Crippen molar-refractivity contribution in [2.45, 2.75) is 20.0 Å². The summed E-state index contributed by atoms with van der Waals surface area (Å²) >= 11 is 0. The summed E-state index contributed by atoms with van der Waals surface area (Å²) in [7, 11) is 0. The van der Waals surface area contributed by atoms with Crippen molar-refractivity contribution in [1.29, 1.82) is 0 Å². The van der Waals surface area contributed by atoms with Crippen LogP contribution < -0.4 is 5.32 Å². The molecule has 0 radical (unpaired) electrons. The smallest absolute Gasteiger partial charge is 0.338 e. The third-order valence-corrected chi connectivity index (χ3v) is 6.05. The Hall–Kier alpha value is -4.84. The maximum atomic E-state index is 12.9. The molecule has 5 rings (SSSR count). The van der Waals surface area contributed by atoms with E-state index < -0.39 is 18.0 Å². The summed E-state index contributed by atoms with van der Waals surface area (Å²) < 4.78 is 5.47.